The van der Waals surface area contributed by atoms with Gasteiger partial charge in [-0.3, -0.25) is 9.59 Å². The van der Waals surface area contributed by atoms with Gasteiger partial charge in [-0.25, -0.2) is 0 Å². The number of esters is 1. The molecule has 2 atom stereocenters. The SMILES string of the molecule is CCCC/C=C\C/C=C\CCCCCCCC(=O)OCCCCCCCCCCC/C=C\C/C=C\CCCCCCCCCCCCCCCCCCCC(=O)NC(CO)C(O)CCCCCCCCCCCCCCC. The summed E-state index contributed by atoms with van der Waals surface area (Å²) in [6, 6.07) is -0.540. The Morgan fingerprint density at radius 1 is 0.364 bits per heavy atom. The summed E-state index contributed by atoms with van der Waals surface area (Å²) in [5.41, 5.74) is 0. The molecule has 0 bridgehead atoms. The first-order valence-electron chi connectivity index (χ1n) is 34.4. The molecule has 0 aliphatic heterocycles. The van der Waals surface area contributed by atoms with Gasteiger partial charge in [-0.15, -0.1) is 0 Å². The van der Waals surface area contributed by atoms with Crippen LogP contribution in [0, 0.1) is 0 Å². The third-order valence-electron chi connectivity index (χ3n) is 15.9. The Bertz CT molecular complexity index is 1290. The molecule has 1 amide bonds. The highest BCUT2D eigenvalue weighted by Crippen LogP contribution is 2.18. The van der Waals surface area contributed by atoms with Crippen molar-refractivity contribution >= 4 is 11.9 Å². The lowest BCUT2D eigenvalue weighted by molar-refractivity contribution is -0.143. The predicted octanol–water partition coefficient (Wildman–Crippen LogP) is 22.1. The highest BCUT2D eigenvalue weighted by atomic mass is 16.5. The number of carbonyl (C=O) groups excluding carboxylic acids is 2. The summed E-state index contributed by atoms with van der Waals surface area (Å²) in [5.74, 6) is -0.0325. The van der Waals surface area contributed by atoms with Crippen LogP contribution in [0.1, 0.15) is 367 Å². The summed E-state index contributed by atoms with van der Waals surface area (Å²) in [6.07, 6.45) is 85.9. The minimum Gasteiger partial charge on any atom is -0.466 e. The van der Waals surface area contributed by atoms with Crippen LogP contribution in [-0.4, -0.2) is 47.4 Å². The molecular formula is C71H133NO5. The summed E-state index contributed by atoms with van der Waals surface area (Å²) >= 11 is 0. The zero-order chi connectivity index (χ0) is 55.7. The lowest BCUT2D eigenvalue weighted by Crippen LogP contribution is -2.45. The van der Waals surface area contributed by atoms with Crippen LogP contribution in [0.25, 0.3) is 0 Å². The van der Waals surface area contributed by atoms with Crippen molar-refractivity contribution in [1.29, 1.82) is 0 Å². The quantitative estimate of drug-likeness (QED) is 0.0320. The van der Waals surface area contributed by atoms with Gasteiger partial charge < -0.3 is 20.3 Å². The highest BCUT2D eigenvalue weighted by Gasteiger charge is 2.20. The molecule has 0 fully saturated rings. The molecule has 0 aromatic rings. The van der Waals surface area contributed by atoms with Crippen LogP contribution < -0.4 is 5.32 Å². The van der Waals surface area contributed by atoms with Gasteiger partial charge in [-0.05, 0) is 83.5 Å². The normalized spacial score (nSPS) is 12.8. The molecule has 0 heterocycles. The fourth-order valence-corrected chi connectivity index (χ4v) is 10.6. The number of amides is 1. The molecule has 0 aliphatic rings. The van der Waals surface area contributed by atoms with Crippen LogP contribution in [0.2, 0.25) is 0 Å². The van der Waals surface area contributed by atoms with Crippen molar-refractivity contribution in [1.82, 2.24) is 5.32 Å². The maximum atomic E-state index is 12.5. The smallest absolute Gasteiger partial charge is 0.305 e. The van der Waals surface area contributed by atoms with Crippen molar-refractivity contribution in [2.45, 2.75) is 379 Å². The van der Waals surface area contributed by atoms with Crippen LogP contribution in [0.15, 0.2) is 48.6 Å². The first-order valence-corrected chi connectivity index (χ1v) is 34.4. The van der Waals surface area contributed by atoms with Crippen LogP contribution in [0.4, 0.5) is 0 Å². The first kappa shape index (κ1) is 74.8. The molecule has 2 unspecified atom stereocenters. The van der Waals surface area contributed by atoms with E-state index in [1.54, 1.807) is 0 Å². The van der Waals surface area contributed by atoms with E-state index in [-0.39, 0.29) is 18.5 Å². The molecule has 0 rings (SSSR count). The molecule has 77 heavy (non-hydrogen) atoms. The Kier molecular flexibility index (Phi) is 64.5. The third-order valence-corrected chi connectivity index (χ3v) is 15.9. The van der Waals surface area contributed by atoms with E-state index in [9.17, 15) is 19.8 Å². The van der Waals surface area contributed by atoms with Crippen LogP contribution in [0.3, 0.4) is 0 Å². The molecule has 0 aromatic heterocycles. The van der Waals surface area contributed by atoms with Crippen molar-refractivity contribution in [3.05, 3.63) is 48.6 Å². The molecule has 0 aliphatic carbocycles. The van der Waals surface area contributed by atoms with E-state index >= 15 is 0 Å². The number of hydrogen-bond donors (Lipinski definition) is 3. The van der Waals surface area contributed by atoms with Gasteiger partial charge in [0.2, 0.25) is 5.91 Å². The van der Waals surface area contributed by atoms with E-state index in [4.69, 9.17) is 4.74 Å². The molecule has 0 saturated carbocycles. The average Bonchev–Trinajstić information content (AvgIpc) is 3.43. The molecule has 3 N–H and O–H groups in total. The summed E-state index contributed by atoms with van der Waals surface area (Å²) in [6.45, 7) is 4.92. The van der Waals surface area contributed by atoms with Crippen molar-refractivity contribution in [2.75, 3.05) is 13.2 Å². The molecule has 0 spiro atoms. The van der Waals surface area contributed by atoms with Crippen molar-refractivity contribution in [2.24, 2.45) is 0 Å². The van der Waals surface area contributed by atoms with Crippen LogP contribution >= 0.6 is 0 Å². The lowest BCUT2D eigenvalue weighted by atomic mass is 10.0. The van der Waals surface area contributed by atoms with Gasteiger partial charge in [0.25, 0.3) is 0 Å². The second-order valence-electron chi connectivity index (χ2n) is 23.5. The van der Waals surface area contributed by atoms with E-state index in [1.807, 2.05) is 0 Å². The number of ether oxygens (including phenoxy) is 1. The molecule has 0 radical (unpaired) electrons. The van der Waals surface area contributed by atoms with Gasteiger partial charge in [-0.2, -0.15) is 0 Å². The van der Waals surface area contributed by atoms with Gasteiger partial charge >= 0.3 is 5.97 Å². The fraction of sp³-hybridized carbons (Fsp3) is 0.859. The topological polar surface area (TPSA) is 95.9 Å². The zero-order valence-electron chi connectivity index (χ0n) is 51.7. The Hall–Kier alpha value is -2.18. The summed E-state index contributed by atoms with van der Waals surface area (Å²) in [5, 5.41) is 23.3. The highest BCUT2D eigenvalue weighted by molar-refractivity contribution is 5.76. The summed E-state index contributed by atoms with van der Waals surface area (Å²) in [4.78, 5) is 24.5. The van der Waals surface area contributed by atoms with Crippen LogP contribution in [-0.2, 0) is 14.3 Å². The van der Waals surface area contributed by atoms with Crippen molar-refractivity contribution in [3.8, 4) is 0 Å². The number of hydrogen-bond acceptors (Lipinski definition) is 5. The molecular weight excluding hydrogens is 947 g/mol. The standard InChI is InChI=1S/C71H133NO5/c1-3-5-7-9-11-13-15-17-41-45-49-53-57-61-65-71(76)77-66-62-58-54-50-46-42-38-36-34-32-30-28-26-24-22-20-18-19-21-23-25-27-29-31-33-35-37-40-44-48-52-56-60-64-70(75)72-68(67-73)69(74)63-59-55-51-47-43-39-16-14-12-10-8-6-4-2/h9,11,15,17,22,24,28,30,68-69,73-74H,3-8,10,12-14,16,18-21,23,25-27,29,31-67H2,1-2H3,(H,72,75)/b11-9-,17-15-,24-22-,30-28-. The molecule has 6 heteroatoms. The van der Waals surface area contributed by atoms with Crippen molar-refractivity contribution in [3.63, 3.8) is 0 Å². The summed E-state index contributed by atoms with van der Waals surface area (Å²) < 4.78 is 5.47. The Morgan fingerprint density at radius 2 is 0.662 bits per heavy atom. The monoisotopic (exact) mass is 1080 g/mol. The number of nitrogens with one attached hydrogen (secondary N) is 1. The lowest BCUT2D eigenvalue weighted by Gasteiger charge is -2.22. The predicted molar refractivity (Wildman–Crippen MR) is 338 cm³/mol. The van der Waals surface area contributed by atoms with Crippen molar-refractivity contribution < 1.29 is 24.5 Å². The largest absolute Gasteiger partial charge is 0.466 e. The van der Waals surface area contributed by atoms with E-state index in [2.05, 4.69) is 67.8 Å². The number of unbranched alkanes of at least 4 members (excludes halogenated alkanes) is 45. The Labute approximate surface area is 480 Å². The summed E-state index contributed by atoms with van der Waals surface area (Å²) in [7, 11) is 0. The van der Waals surface area contributed by atoms with Gasteiger partial charge in [0.1, 0.15) is 0 Å². The van der Waals surface area contributed by atoms with Gasteiger partial charge in [0.15, 0.2) is 0 Å². The molecule has 6 nitrogen and oxygen atoms in total. The fourth-order valence-electron chi connectivity index (χ4n) is 10.6. The van der Waals surface area contributed by atoms with E-state index in [0.29, 0.717) is 25.9 Å². The Balaban J connectivity index is 3.38. The number of aliphatic hydroxyl groups is 2. The maximum Gasteiger partial charge on any atom is 0.305 e. The molecule has 452 valence electrons. The van der Waals surface area contributed by atoms with E-state index in [1.165, 1.54) is 276 Å². The number of carbonyl (C=O) groups is 2. The van der Waals surface area contributed by atoms with Crippen LogP contribution in [0.5, 0.6) is 0 Å². The van der Waals surface area contributed by atoms with Gasteiger partial charge in [-0.1, -0.05) is 319 Å². The number of aliphatic hydroxyl groups excluding tert-OH is 2. The van der Waals surface area contributed by atoms with Gasteiger partial charge in [0.05, 0.1) is 25.4 Å². The second-order valence-corrected chi connectivity index (χ2v) is 23.5. The first-order chi connectivity index (χ1) is 38.0. The minimum atomic E-state index is -0.662. The number of rotatable bonds is 64. The van der Waals surface area contributed by atoms with Gasteiger partial charge in [0, 0.05) is 12.8 Å². The zero-order valence-corrected chi connectivity index (χ0v) is 51.7. The molecule has 0 aromatic carbocycles. The number of allylic oxidation sites excluding steroid dienone is 8. The Morgan fingerprint density at radius 3 is 1.03 bits per heavy atom. The maximum absolute atomic E-state index is 12.5. The average molecular weight is 1080 g/mol. The van der Waals surface area contributed by atoms with E-state index in [0.717, 1.165) is 57.8 Å². The molecule has 0 saturated heterocycles. The third kappa shape index (κ3) is 62.9. The second kappa shape index (κ2) is 66.3. The minimum absolute atomic E-state index is 0.000589. The van der Waals surface area contributed by atoms with E-state index < -0.39 is 12.1 Å².